The van der Waals surface area contributed by atoms with E-state index in [1.807, 2.05) is 14.1 Å². The zero-order valence-corrected chi connectivity index (χ0v) is 10.0. The van der Waals surface area contributed by atoms with Crippen molar-refractivity contribution in [1.29, 1.82) is 0 Å². The summed E-state index contributed by atoms with van der Waals surface area (Å²) in [4.78, 5) is 24.0. The highest BCUT2D eigenvalue weighted by molar-refractivity contribution is 5.85. The van der Waals surface area contributed by atoms with Crippen LogP contribution in [0.5, 0.6) is 0 Å². The van der Waals surface area contributed by atoms with Gasteiger partial charge in [-0.2, -0.15) is 5.10 Å². The molecule has 0 bridgehead atoms. The number of hydrogen-bond acceptors (Lipinski definition) is 4. The fraction of sp³-hybridized carbons (Fsp3) is 0.364. The quantitative estimate of drug-likeness (QED) is 0.764. The first-order valence-electron chi connectivity index (χ1n) is 5.06. The van der Waals surface area contributed by atoms with Crippen molar-refractivity contribution in [1.82, 2.24) is 9.78 Å². The van der Waals surface area contributed by atoms with E-state index in [4.69, 9.17) is 5.11 Å². The Labute approximate surface area is 98.8 Å². The first-order chi connectivity index (χ1) is 7.91. The van der Waals surface area contributed by atoms with E-state index in [-0.39, 0.29) is 17.7 Å². The van der Waals surface area contributed by atoms with Gasteiger partial charge in [-0.3, -0.25) is 4.79 Å². The third kappa shape index (κ3) is 3.44. The molecular formula is C11H15N3O3. The van der Waals surface area contributed by atoms with E-state index in [0.717, 1.165) is 0 Å². The number of anilines is 1. The molecule has 92 valence electrons. The van der Waals surface area contributed by atoms with E-state index in [1.54, 1.807) is 11.1 Å². The average molecular weight is 237 g/mol. The van der Waals surface area contributed by atoms with Crippen LogP contribution in [0.3, 0.4) is 0 Å². The number of rotatable bonds is 4. The van der Waals surface area contributed by atoms with Gasteiger partial charge in [0.05, 0.1) is 18.4 Å². The van der Waals surface area contributed by atoms with E-state index in [2.05, 4.69) is 5.10 Å². The Balaban J connectivity index is 2.91. The molecule has 0 spiro atoms. The smallest absolute Gasteiger partial charge is 0.331 e. The monoisotopic (exact) mass is 237 g/mol. The summed E-state index contributed by atoms with van der Waals surface area (Å²) in [5, 5.41) is 12.6. The Kier molecular flexibility index (Phi) is 4.03. The Morgan fingerprint density at radius 3 is 2.71 bits per heavy atom. The zero-order valence-electron chi connectivity index (χ0n) is 10.0. The van der Waals surface area contributed by atoms with Crippen molar-refractivity contribution in [3.8, 4) is 0 Å². The fourth-order valence-corrected chi connectivity index (χ4v) is 1.12. The van der Waals surface area contributed by atoms with Gasteiger partial charge < -0.3 is 10.0 Å². The van der Waals surface area contributed by atoms with Crippen LogP contribution in [0, 0.1) is 0 Å². The minimum Gasteiger partial charge on any atom is -0.478 e. The minimum atomic E-state index is -0.997. The maximum atomic E-state index is 11.6. The standard InChI is InChI=1S/C11H15N3O3/c1-8(11(16)17)4-5-14-10(15)6-9(7-12-14)13(2)3/h4,6-7H,5H2,1-3H3,(H,16,17)/b8-4-. The maximum Gasteiger partial charge on any atom is 0.331 e. The summed E-state index contributed by atoms with van der Waals surface area (Å²) in [6.45, 7) is 1.63. The van der Waals surface area contributed by atoms with E-state index < -0.39 is 5.97 Å². The Morgan fingerprint density at radius 1 is 1.59 bits per heavy atom. The lowest BCUT2D eigenvalue weighted by Gasteiger charge is -2.11. The molecular weight excluding hydrogens is 222 g/mol. The van der Waals surface area contributed by atoms with E-state index in [9.17, 15) is 9.59 Å². The molecule has 0 atom stereocenters. The zero-order chi connectivity index (χ0) is 13.0. The van der Waals surface area contributed by atoms with Crippen LogP contribution in [0.15, 0.2) is 28.7 Å². The second kappa shape index (κ2) is 5.29. The van der Waals surface area contributed by atoms with Gasteiger partial charge in [0, 0.05) is 25.7 Å². The van der Waals surface area contributed by atoms with Crippen LogP contribution >= 0.6 is 0 Å². The number of carbonyl (C=O) groups is 1. The van der Waals surface area contributed by atoms with Crippen LogP contribution in [-0.2, 0) is 11.3 Å². The van der Waals surface area contributed by atoms with Gasteiger partial charge in [-0.25, -0.2) is 9.48 Å². The lowest BCUT2D eigenvalue weighted by atomic mass is 10.3. The van der Waals surface area contributed by atoms with Crippen molar-refractivity contribution in [3.05, 3.63) is 34.3 Å². The summed E-state index contributed by atoms with van der Waals surface area (Å²) in [6.07, 6.45) is 3.01. The summed E-state index contributed by atoms with van der Waals surface area (Å²) in [5.41, 5.74) is 0.645. The van der Waals surface area contributed by atoms with Gasteiger partial charge in [0.15, 0.2) is 0 Å². The normalized spacial score (nSPS) is 11.4. The molecule has 1 aromatic rings. The summed E-state index contributed by atoms with van der Waals surface area (Å²) >= 11 is 0. The highest BCUT2D eigenvalue weighted by atomic mass is 16.4. The molecule has 17 heavy (non-hydrogen) atoms. The Morgan fingerprint density at radius 2 is 2.24 bits per heavy atom. The molecule has 1 heterocycles. The number of allylic oxidation sites excluding steroid dienone is 1. The van der Waals surface area contributed by atoms with Crippen molar-refractivity contribution in [3.63, 3.8) is 0 Å². The van der Waals surface area contributed by atoms with Crippen LogP contribution in [0.1, 0.15) is 6.92 Å². The molecule has 0 amide bonds. The first kappa shape index (κ1) is 13.0. The van der Waals surface area contributed by atoms with Gasteiger partial charge in [-0.1, -0.05) is 6.08 Å². The molecule has 6 nitrogen and oxygen atoms in total. The van der Waals surface area contributed by atoms with Crippen LogP contribution in [0.4, 0.5) is 5.69 Å². The molecule has 0 fully saturated rings. The second-order valence-electron chi connectivity index (χ2n) is 3.82. The number of carboxylic acids is 1. The van der Waals surface area contributed by atoms with Gasteiger partial charge in [-0.05, 0) is 6.92 Å². The van der Waals surface area contributed by atoms with E-state index in [0.29, 0.717) is 5.69 Å². The molecule has 6 heteroatoms. The molecule has 0 saturated carbocycles. The van der Waals surface area contributed by atoms with Crippen molar-refractivity contribution >= 4 is 11.7 Å². The summed E-state index contributed by atoms with van der Waals surface area (Å²) < 4.78 is 1.21. The predicted molar refractivity (Wildman–Crippen MR) is 64.2 cm³/mol. The molecule has 0 saturated heterocycles. The first-order valence-corrected chi connectivity index (χ1v) is 5.06. The van der Waals surface area contributed by atoms with Crippen molar-refractivity contribution in [2.24, 2.45) is 0 Å². The molecule has 1 rings (SSSR count). The third-order valence-corrected chi connectivity index (χ3v) is 2.28. The average Bonchev–Trinajstić information content (AvgIpc) is 2.26. The molecule has 0 radical (unpaired) electrons. The minimum absolute atomic E-state index is 0.157. The van der Waals surface area contributed by atoms with Crippen molar-refractivity contribution in [2.45, 2.75) is 13.5 Å². The maximum absolute atomic E-state index is 11.6. The van der Waals surface area contributed by atoms with E-state index >= 15 is 0 Å². The SMILES string of the molecule is C/C(=C/Cn1ncc(N(C)C)cc1=O)C(=O)O. The second-order valence-corrected chi connectivity index (χ2v) is 3.82. The molecule has 0 aliphatic heterocycles. The number of hydrogen-bond donors (Lipinski definition) is 1. The lowest BCUT2D eigenvalue weighted by Crippen LogP contribution is -2.23. The highest BCUT2D eigenvalue weighted by Gasteiger charge is 2.02. The van der Waals surface area contributed by atoms with Gasteiger partial charge >= 0.3 is 5.97 Å². The molecule has 0 unspecified atom stereocenters. The highest BCUT2D eigenvalue weighted by Crippen LogP contribution is 2.03. The van der Waals surface area contributed by atoms with Crippen LogP contribution in [0.25, 0.3) is 0 Å². The largest absolute Gasteiger partial charge is 0.478 e. The van der Waals surface area contributed by atoms with Gasteiger partial charge in [0.1, 0.15) is 0 Å². The molecule has 1 N–H and O–H groups in total. The Bertz CT molecular complexity index is 503. The Hall–Kier alpha value is -2.11. The van der Waals surface area contributed by atoms with Gasteiger partial charge in [0.25, 0.3) is 5.56 Å². The number of aliphatic carboxylic acids is 1. The number of aromatic nitrogens is 2. The van der Waals surface area contributed by atoms with Crippen LogP contribution in [0.2, 0.25) is 0 Å². The fourth-order valence-electron chi connectivity index (χ4n) is 1.12. The van der Waals surface area contributed by atoms with E-state index in [1.165, 1.54) is 23.7 Å². The molecule has 1 aromatic heterocycles. The van der Waals surface area contributed by atoms with Crippen LogP contribution in [-0.4, -0.2) is 35.0 Å². The summed E-state index contributed by atoms with van der Waals surface area (Å²) in [6, 6.07) is 1.46. The van der Waals surface area contributed by atoms with Crippen LogP contribution < -0.4 is 10.5 Å². The number of carboxylic acid groups (broad SMARTS) is 1. The molecule has 0 aliphatic carbocycles. The van der Waals surface area contributed by atoms with Crippen molar-refractivity contribution < 1.29 is 9.90 Å². The van der Waals surface area contributed by atoms with Gasteiger partial charge in [0.2, 0.25) is 0 Å². The third-order valence-electron chi connectivity index (χ3n) is 2.28. The summed E-state index contributed by atoms with van der Waals surface area (Å²) in [7, 11) is 3.63. The topological polar surface area (TPSA) is 75.4 Å². The lowest BCUT2D eigenvalue weighted by molar-refractivity contribution is -0.132. The number of nitrogens with zero attached hydrogens (tertiary/aromatic N) is 3. The summed E-state index contributed by atoms with van der Waals surface area (Å²) in [5.74, 6) is -0.997. The van der Waals surface area contributed by atoms with Gasteiger partial charge in [-0.15, -0.1) is 0 Å². The molecule has 0 aromatic carbocycles. The predicted octanol–water partition coefficient (Wildman–Crippen LogP) is 0.340. The van der Waals surface area contributed by atoms with Crippen molar-refractivity contribution in [2.75, 3.05) is 19.0 Å². The molecule has 0 aliphatic rings.